The molecule has 10 heteroatoms. The van der Waals surface area contributed by atoms with Crippen LogP contribution in [0.25, 0.3) is 17.1 Å². The fourth-order valence-electron chi connectivity index (χ4n) is 2.86. The highest BCUT2D eigenvalue weighted by molar-refractivity contribution is 5.90. The van der Waals surface area contributed by atoms with Gasteiger partial charge in [0, 0.05) is 17.8 Å². The molecule has 0 bridgehead atoms. The second-order valence-electron chi connectivity index (χ2n) is 6.58. The number of hydrogen-bond acceptors (Lipinski definition) is 6. The Bertz CT molecular complexity index is 1200. The van der Waals surface area contributed by atoms with Crippen molar-refractivity contribution in [3.8, 4) is 17.1 Å². The van der Waals surface area contributed by atoms with Gasteiger partial charge in [0.05, 0.1) is 17.5 Å². The summed E-state index contributed by atoms with van der Waals surface area (Å²) >= 11 is 0. The van der Waals surface area contributed by atoms with Gasteiger partial charge in [-0.25, -0.2) is 14.5 Å². The summed E-state index contributed by atoms with van der Waals surface area (Å²) in [6.07, 6.45) is -2.50. The van der Waals surface area contributed by atoms with Crippen LogP contribution in [0.15, 0.2) is 65.4 Å². The number of hydrogen-bond donors (Lipinski definition) is 0. The number of esters is 1. The van der Waals surface area contributed by atoms with Crippen molar-refractivity contribution in [2.75, 3.05) is 0 Å². The molecule has 158 valence electrons. The van der Waals surface area contributed by atoms with Crippen LogP contribution in [-0.2, 0) is 17.5 Å². The summed E-state index contributed by atoms with van der Waals surface area (Å²) in [6.45, 7) is 1.45. The summed E-state index contributed by atoms with van der Waals surface area (Å²) in [4.78, 5) is 16.2. The SMILES string of the molecule is Cc1c(C(=O)OCc2cc(-c3ccccc3)no2)cnn1-c1ccc(C(F)(F)F)cn1. The highest BCUT2D eigenvalue weighted by Crippen LogP contribution is 2.29. The number of carbonyl (C=O) groups is 1. The maximum atomic E-state index is 12.7. The predicted molar refractivity (Wildman–Crippen MR) is 102 cm³/mol. The first-order chi connectivity index (χ1) is 14.8. The van der Waals surface area contributed by atoms with Crippen LogP contribution in [0.4, 0.5) is 13.2 Å². The van der Waals surface area contributed by atoms with Crippen molar-refractivity contribution in [3.63, 3.8) is 0 Å². The third kappa shape index (κ3) is 4.32. The largest absolute Gasteiger partial charge is 0.454 e. The highest BCUT2D eigenvalue weighted by Gasteiger charge is 2.31. The fourth-order valence-corrected chi connectivity index (χ4v) is 2.86. The Morgan fingerprint density at radius 1 is 1.13 bits per heavy atom. The Kier molecular flexibility index (Phi) is 5.28. The third-order valence-corrected chi connectivity index (χ3v) is 4.50. The van der Waals surface area contributed by atoms with E-state index in [0.717, 1.165) is 11.6 Å². The molecule has 0 unspecified atom stereocenters. The van der Waals surface area contributed by atoms with Gasteiger partial charge in [-0.2, -0.15) is 18.3 Å². The molecule has 0 spiro atoms. The quantitative estimate of drug-likeness (QED) is 0.432. The lowest BCUT2D eigenvalue weighted by atomic mass is 10.1. The average molecular weight is 428 g/mol. The zero-order chi connectivity index (χ0) is 22.0. The lowest BCUT2D eigenvalue weighted by Crippen LogP contribution is -2.09. The number of nitrogens with zero attached hydrogens (tertiary/aromatic N) is 4. The van der Waals surface area contributed by atoms with Crippen LogP contribution in [0.2, 0.25) is 0 Å². The number of aromatic nitrogens is 4. The first kappa shape index (κ1) is 20.3. The molecule has 0 aliphatic heterocycles. The van der Waals surface area contributed by atoms with E-state index < -0.39 is 17.7 Å². The van der Waals surface area contributed by atoms with Crippen molar-refractivity contribution >= 4 is 5.97 Å². The summed E-state index contributed by atoms with van der Waals surface area (Å²) in [5.74, 6) is -0.151. The van der Waals surface area contributed by atoms with Gasteiger partial charge in [-0.15, -0.1) is 0 Å². The Labute approximate surface area is 174 Å². The van der Waals surface area contributed by atoms with E-state index in [1.807, 2.05) is 30.3 Å². The van der Waals surface area contributed by atoms with Gasteiger partial charge in [0.15, 0.2) is 18.2 Å². The minimum Gasteiger partial charge on any atom is -0.454 e. The molecule has 0 saturated carbocycles. The molecule has 3 aromatic heterocycles. The summed E-state index contributed by atoms with van der Waals surface area (Å²) in [7, 11) is 0. The second kappa shape index (κ2) is 8.05. The first-order valence-corrected chi connectivity index (χ1v) is 9.09. The van der Waals surface area contributed by atoms with Crippen LogP contribution >= 0.6 is 0 Å². The minimum absolute atomic E-state index is 0.137. The van der Waals surface area contributed by atoms with E-state index in [2.05, 4.69) is 15.2 Å². The van der Waals surface area contributed by atoms with Crippen LogP contribution in [-0.4, -0.2) is 25.9 Å². The molecule has 4 rings (SSSR count). The molecule has 3 heterocycles. The molecule has 0 radical (unpaired) electrons. The van der Waals surface area contributed by atoms with E-state index in [-0.39, 0.29) is 18.0 Å². The van der Waals surface area contributed by atoms with E-state index in [1.54, 1.807) is 13.0 Å². The van der Waals surface area contributed by atoms with Crippen LogP contribution in [0.3, 0.4) is 0 Å². The summed E-state index contributed by atoms with van der Waals surface area (Å²) in [5, 5.41) is 7.99. The van der Waals surface area contributed by atoms with E-state index in [9.17, 15) is 18.0 Å². The minimum atomic E-state index is -4.49. The van der Waals surface area contributed by atoms with E-state index in [1.165, 1.54) is 16.9 Å². The molecule has 7 nitrogen and oxygen atoms in total. The van der Waals surface area contributed by atoms with Crippen molar-refractivity contribution in [2.45, 2.75) is 19.7 Å². The van der Waals surface area contributed by atoms with Crippen LogP contribution in [0.1, 0.15) is 27.4 Å². The third-order valence-electron chi connectivity index (χ3n) is 4.50. The molecule has 31 heavy (non-hydrogen) atoms. The summed E-state index contributed by atoms with van der Waals surface area (Å²) in [6, 6.07) is 13.1. The normalized spacial score (nSPS) is 11.5. The number of pyridine rings is 1. The van der Waals surface area contributed by atoms with E-state index in [0.29, 0.717) is 23.3 Å². The zero-order valence-electron chi connectivity index (χ0n) is 16.1. The van der Waals surface area contributed by atoms with Crippen LogP contribution in [0.5, 0.6) is 0 Å². The number of halogens is 3. The average Bonchev–Trinajstić information content (AvgIpc) is 3.39. The van der Waals surface area contributed by atoms with Gasteiger partial charge >= 0.3 is 12.1 Å². The Morgan fingerprint density at radius 2 is 1.90 bits per heavy atom. The smallest absolute Gasteiger partial charge is 0.417 e. The first-order valence-electron chi connectivity index (χ1n) is 9.09. The monoisotopic (exact) mass is 428 g/mol. The van der Waals surface area contributed by atoms with Gasteiger partial charge in [0.25, 0.3) is 0 Å². The van der Waals surface area contributed by atoms with E-state index in [4.69, 9.17) is 9.26 Å². The topological polar surface area (TPSA) is 83.0 Å². The molecule has 1 aromatic carbocycles. The molecular formula is C21H15F3N4O3. The molecule has 0 fully saturated rings. The molecule has 0 saturated heterocycles. The standard InChI is InChI=1S/C21H15F3N4O3/c1-13-17(11-26-28(13)19-8-7-15(10-25-19)21(22,23)24)20(29)30-12-16-9-18(27-31-16)14-5-3-2-4-6-14/h2-11H,12H2,1H3. The Morgan fingerprint density at radius 3 is 2.58 bits per heavy atom. The molecule has 4 aromatic rings. The Hall–Kier alpha value is -3.95. The fraction of sp³-hybridized carbons (Fsp3) is 0.143. The van der Waals surface area contributed by atoms with Gasteiger partial charge < -0.3 is 9.26 Å². The number of alkyl halides is 3. The molecule has 0 aliphatic rings. The van der Waals surface area contributed by atoms with Crippen molar-refractivity contribution < 1.29 is 27.2 Å². The maximum absolute atomic E-state index is 12.7. The van der Waals surface area contributed by atoms with Gasteiger partial charge in [0.2, 0.25) is 0 Å². The molecule has 0 aliphatic carbocycles. The summed E-state index contributed by atoms with van der Waals surface area (Å²) in [5.41, 5.74) is 1.14. The second-order valence-corrected chi connectivity index (χ2v) is 6.58. The molecule has 0 N–H and O–H groups in total. The number of rotatable bonds is 5. The van der Waals surface area contributed by atoms with Crippen LogP contribution < -0.4 is 0 Å². The molecular weight excluding hydrogens is 413 g/mol. The molecule has 0 atom stereocenters. The summed E-state index contributed by atoms with van der Waals surface area (Å²) < 4.78 is 49.8. The van der Waals surface area contributed by atoms with Crippen molar-refractivity contribution in [1.29, 1.82) is 0 Å². The van der Waals surface area contributed by atoms with Crippen LogP contribution in [0, 0.1) is 6.92 Å². The van der Waals surface area contributed by atoms with Gasteiger partial charge in [-0.1, -0.05) is 35.5 Å². The predicted octanol–water partition coefficient (Wildman–Crippen LogP) is 4.61. The molecule has 0 amide bonds. The lowest BCUT2D eigenvalue weighted by molar-refractivity contribution is -0.137. The number of carbonyl (C=O) groups excluding carboxylic acids is 1. The van der Waals surface area contributed by atoms with Crippen molar-refractivity contribution in [3.05, 3.63) is 83.5 Å². The number of ether oxygens (including phenoxy) is 1. The highest BCUT2D eigenvalue weighted by atomic mass is 19.4. The van der Waals surface area contributed by atoms with Crippen molar-refractivity contribution in [1.82, 2.24) is 19.9 Å². The lowest BCUT2D eigenvalue weighted by Gasteiger charge is -2.08. The van der Waals surface area contributed by atoms with Gasteiger partial charge in [0.1, 0.15) is 11.3 Å². The van der Waals surface area contributed by atoms with E-state index >= 15 is 0 Å². The van der Waals surface area contributed by atoms with Crippen molar-refractivity contribution in [2.24, 2.45) is 0 Å². The van der Waals surface area contributed by atoms with Gasteiger partial charge in [-0.05, 0) is 19.1 Å². The number of benzene rings is 1. The zero-order valence-corrected chi connectivity index (χ0v) is 16.1. The Balaban J connectivity index is 1.44. The van der Waals surface area contributed by atoms with Gasteiger partial charge in [-0.3, -0.25) is 0 Å². The maximum Gasteiger partial charge on any atom is 0.417 e.